The minimum absolute atomic E-state index is 0.966. The fourth-order valence-electron chi connectivity index (χ4n) is 0.181. The maximum Gasteiger partial charge on any atom is 0.407 e. The Morgan fingerprint density at radius 2 is 2.38 bits per heavy atom. The van der Waals surface area contributed by atoms with Crippen molar-refractivity contribution in [3.8, 4) is 0 Å². The average molecular weight is 116 g/mol. The second-order valence-electron chi connectivity index (χ2n) is 1.11. The van der Waals surface area contributed by atoms with Crippen LogP contribution in [-0.4, -0.2) is 17.4 Å². The van der Waals surface area contributed by atoms with Gasteiger partial charge in [-0.15, -0.1) is 0 Å². The highest BCUT2D eigenvalue weighted by molar-refractivity contribution is 5.64. The summed E-state index contributed by atoms with van der Waals surface area (Å²) in [6.45, 7) is 3.08. The number of carboxylic acid groups (broad SMARTS) is 1. The van der Waals surface area contributed by atoms with Crippen LogP contribution < -0.4 is 5.32 Å². The van der Waals surface area contributed by atoms with Crippen molar-refractivity contribution >= 4 is 6.09 Å². The highest BCUT2D eigenvalue weighted by Gasteiger charge is 2.00. The van der Waals surface area contributed by atoms with Gasteiger partial charge in [0.1, 0.15) is 0 Å². The summed E-state index contributed by atoms with van der Waals surface area (Å²) in [6, 6.07) is 0. The standard InChI is InChI=1S/C4H6NO3/c1-2-3(6)5-4(7)8/h2-3,5H,1H2,(H,7,8). The zero-order valence-electron chi connectivity index (χ0n) is 4.13. The fraction of sp³-hybridized carbons (Fsp3) is 0.250. The Balaban J connectivity index is 3.38. The topological polar surface area (TPSA) is 69.2 Å². The van der Waals surface area contributed by atoms with Gasteiger partial charge in [0, 0.05) is 0 Å². The lowest BCUT2D eigenvalue weighted by Crippen LogP contribution is -2.30. The van der Waals surface area contributed by atoms with E-state index >= 15 is 0 Å². The molecule has 0 fully saturated rings. The second-order valence-corrected chi connectivity index (χ2v) is 1.11. The molecule has 4 heteroatoms. The van der Waals surface area contributed by atoms with Crippen molar-refractivity contribution in [1.82, 2.24) is 5.32 Å². The number of hydrogen-bond donors (Lipinski definition) is 2. The molecule has 45 valence electrons. The molecule has 0 saturated carbocycles. The van der Waals surface area contributed by atoms with Gasteiger partial charge in [-0.3, -0.25) is 5.32 Å². The van der Waals surface area contributed by atoms with Gasteiger partial charge < -0.3 is 5.11 Å². The van der Waals surface area contributed by atoms with Gasteiger partial charge in [-0.2, -0.15) is 0 Å². The third-order valence-electron chi connectivity index (χ3n) is 0.480. The van der Waals surface area contributed by atoms with Gasteiger partial charge in [-0.1, -0.05) is 6.58 Å². The SMILES string of the molecule is C=CC([O])NC(=O)O. The summed E-state index contributed by atoms with van der Waals surface area (Å²) in [5.41, 5.74) is 0. The number of rotatable bonds is 2. The van der Waals surface area contributed by atoms with Gasteiger partial charge in [-0.05, 0) is 6.08 Å². The predicted octanol–water partition coefficient (Wildman–Crippen LogP) is 0.197. The van der Waals surface area contributed by atoms with Crippen molar-refractivity contribution in [2.24, 2.45) is 0 Å². The minimum Gasteiger partial charge on any atom is -0.465 e. The van der Waals surface area contributed by atoms with E-state index in [9.17, 15) is 9.90 Å². The lowest BCUT2D eigenvalue weighted by molar-refractivity contribution is 0.0942. The highest BCUT2D eigenvalue weighted by atomic mass is 16.4. The first-order chi connectivity index (χ1) is 3.66. The molecular formula is C4H6NO3. The summed E-state index contributed by atoms with van der Waals surface area (Å²) in [6.07, 6.45) is -1.77. The molecule has 0 spiro atoms. The summed E-state index contributed by atoms with van der Waals surface area (Å²) in [5, 5.41) is 19.6. The second kappa shape index (κ2) is 3.04. The van der Waals surface area contributed by atoms with Gasteiger partial charge in [0.2, 0.25) is 0 Å². The largest absolute Gasteiger partial charge is 0.465 e. The van der Waals surface area contributed by atoms with Crippen molar-refractivity contribution < 1.29 is 15.0 Å². The Labute approximate surface area is 46.4 Å². The summed E-state index contributed by atoms with van der Waals surface area (Å²) in [5.74, 6) is 0. The monoisotopic (exact) mass is 116 g/mol. The van der Waals surface area contributed by atoms with Gasteiger partial charge in [0.25, 0.3) is 0 Å². The van der Waals surface area contributed by atoms with Gasteiger partial charge in [0.05, 0.1) is 0 Å². The lowest BCUT2D eigenvalue weighted by atomic mass is 10.6. The minimum atomic E-state index is -1.41. The van der Waals surface area contributed by atoms with Crippen LogP contribution in [0.25, 0.3) is 0 Å². The molecule has 0 aromatic carbocycles. The van der Waals surface area contributed by atoms with E-state index in [4.69, 9.17) is 5.11 Å². The van der Waals surface area contributed by atoms with Gasteiger partial charge >= 0.3 is 6.09 Å². The molecule has 0 aliphatic heterocycles. The van der Waals surface area contributed by atoms with Crippen molar-refractivity contribution in [3.63, 3.8) is 0 Å². The fourth-order valence-corrected chi connectivity index (χ4v) is 0.181. The molecule has 1 atom stereocenters. The summed E-state index contributed by atoms with van der Waals surface area (Å²) in [4.78, 5) is 9.61. The Kier molecular flexibility index (Phi) is 2.64. The number of nitrogens with one attached hydrogen (secondary N) is 1. The van der Waals surface area contributed by atoms with E-state index < -0.39 is 12.3 Å². The van der Waals surface area contributed by atoms with Crippen molar-refractivity contribution in [1.29, 1.82) is 0 Å². The predicted molar refractivity (Wildman–Crippen MR) is 25.8 cm³/mol. The molecule has 2 N–H and O–H groups in total. The third kappa shape index (κ3) is 3.17. The summed E-state index contributed by atoms with van der Waals surface area (Å²) < 4.78 is 0. The van der Waals surface area contributed by atoms with E-state index in [2.05, 4.69) is 6.58 Å². The molecular weight excluding hydrogens is 110 g/mol. The molecule has 0 heterocycles. The van der Waals surface area contributed by atoms with Crippen LogP contribution in [0.1, 0.15) is 0 Å². The number of carbonyl (C=O) groups is 1. The average Bonchev–Trinajstić information content (AvgIpc) is 1.65. The number of amides is 1. The first-order valence-corrected chi connectivity index (χ1v) is 1.94. The molecule has 0 aliphatic rings. The quantitative estimate of drug-likeness (QED) is 0.399. The molecule has 8 heavy (non-hydrogen) atoms. The molecule has 1 amide bonds. The molecule has 1 radical (unpaired) electrons. The smallest absolute Gasteiger partial charge is 0.407 e. The van der Waals surface area contributed by atoms with Crippen LogP contribution in [0.2, 0.25) is 0 Å². The van der Waals surface area contributed by atoms with Gasteiger partial charge in [0.15, 0.2) is 6.23 Å². The van der Waals surface area contributed by atoms with E-state index in [-0.39, 0.29) is 0 Å². The van der Waals surface area contributed by atoms with E-state index in [0.717, 1.165) is 6.08 Å². The summed E-state index contributed by atoms with van der Waals surface area (Å²) >= 11 is 0. The molecule has 0 saturated heterocycles. The highest BCUT2D eigenvalue weighted by Crippen LogP contribution is 1.75. The molecule has 0 rings (SSSR count). The van der Waals surface area contributed by atoms with Crippen LogP contribution in [-0.2, 0) is 5.11 Å². The van der Waals surface area contributed by atoms with E-state index in [1.165, 1.54) is 0 Å². The maximum atomic E-state index is 10.1. The van der Waals surface area contributed by atoms with Crippen molar-refractivity contribution in [2.75, 3.05) is 0 Å². The van der Waals surface area contributed by atoms with E-state index in [1.54, 1.807) is 5.32 Å². The Morgan fingerprint density at radius 1 is 1.88 bits per heavy atom. The van der Waals surface area contributed by atoms with Crippen LogP contribution in [0.4, 0.5) is 4.79 Å². The maximum absolute atomic E-state index is 10.1. The van der Waals surface area contributed by atoms with Crippen LogP contribution in [0.5, 0.6) is 0 Å². The first-order valence-electron chi connectivity index (χ1n) is 1.94. The molecule has 0 bridgehead atoms. The molecule has 1 unspecified atom stereocenters. The molecule has 0 aromatic rings. The number of hydrogen-bond acceptors (Lipinski definition) is 1. The van der Waals surface area contributed by atoms with Crippen LogP contribution in [0, 0.1) is 0 Å². The third-order valence-corrected chi connectivity index (χ3v) is 0.480. The summed E-state index contributed by atoms with van der Waals surface area (Å²) in [7, 11) is 0. The normalized spacial score (nSPS) is 12.1. The molecule has 0 aliphatic carbocycles. The Morgan fingerprint density at radius 3 is 2.50 bits per heavy atom. The van der Waals surface area contributed by atoms with Gasteiger partial charge in [-0.25, -0.2) is 9.90 Å². The van der Waals surface area contributed by atoms with Crippen LogP contribution >= 0.6 is 0 Å². The Bertz CT molecular complexity index is 101. The zero-order chi connectivity index (χ0) is 6.57. The Hall–Kier alpha value is -1.03. The zero-order valence-corrected chi connectivity index (χ0v) is 4.13. The molecule has 4 nitrogen and oxygen atoms in total. The van der Waals surface area contributed by atoms with Crippen LogP contribution in [0.3, 0.4) is 0 Å². The lowest BCUT2D eigenvalue weighted by Gasteiger charge is -1.98. The van der Waals surface area contributed by atoms with Crippen molar-refractivity contribution in [3.05, 3.63) is 12.7 Å². The molecule has 0 aromatic heterocycles. The van der Waals surface area contributed by atoms with E-state index in [0.29, 0.717) is 0 Å². The van der Waals surface area contributed by atoms with E-state index in [1.807, 2.05) is 0 Å². The van der Waals surface area contributed by atoms with Crippen LogP contribution in [0.15, 0.2) is 12.7 Å². The first kappa shape index (κ1) is 6.97. The van der Waals surface area contributed by atoms with Crippen molar-refractivity contribution in [2.45, 2.75) is 6.23 Å².